The zero-order chi connectivity index (χ0) is 27.7. The van der Waals surface area contributed by atoms with Crippen molar-refractivity contribution >= 4 is 41.5 Å². The van der Waals surface area contributed by atoms with Gasteiger partial charge in [-0.15, -0.1) is 10.2 Å². The van der Waals surface area contributed by atoms with Gasteiger partial charge in [-0.05, 0) is 60.2 Å². The number of rotatable bonds is 9. The Morgan fingerprint density at radius 3 is 2.35 bits per heavy atom. The maximum atomic E-state index is 12.5. The summed E-state index contributed by atoms with van der Waals surface area (Å²) in [5.74, 6) is 0.356. The minimum absolute atomic E-state index is 0.0927. The lowest BCUT2D eigenvalue weighted by Crippen LogP contribution is -2.20. The third-order valence-electron chi connectivity index (χ3n) is 5.57. The molecule has 5 aromatic rings. The molecule has 0 aliphatic rings. The normalized spacial score (nSPS) is 10.9. The molecule has 0 radical (unpaired) electrons. The van der Waals surface area contributed by atoms with Crippen molar-refractivity contribution in [1.29, 1.82) is 0 Å². The standard InChI is InChI=1S/C30H22ClN5O3S/c31-24-11-7-10-23(18-24)29(38)39-26-16-14-21(15-17-26)19-32-33-27(37)20-40-30-35-34-28(22-8-3-1-4-9-22)36(30)25-12-5-2-6-13-25/h1-19H,20H2,(H,33,37). The van der Waals surface area contributed by atoms with Crippen molar-refractivity contribution in [3.63, 3.8) is 0 Å². The summed E-state index contributed by atoms with van der Waals surface area (Å²) in [4.78, 5) is 24.8. The second-order valence-electron chi connectivity index (χ2n) is 8.39. The van der Waals surface area contributed by atoms with Crippen LogP contribution in [0.4, 0.5) is 0 Å². The molecule has 0 fully saturated rings. The van der Waals surface area contributed by atoms with E-state index in [0.717, 1.165) is 11.3 Å². The number of hydrogen-bond donors (Lipinski definition) is 1. The summed E-state index contributed by atoms with van der Waals surface area (Å²) in [7, 11) is 0. The first-order valence-corrected chi connectivity index (χ1v) is 13.5. The van der Waals surface area contributed by atoms with Crippen LogP contribution in [-0.4, -0.2) is 38.6 Å². The summed E-state index contributed by atoms with van der Waals surface area (Å²) < 4.78 is 7.30. The number of carbonyl (C=O) groups excluding carboxylic acids is 2. The van der Waals surface area contributed by atoms with Gasteiger partial charge < -0.3 is 4.74 Å². The number of halogens is 1. The molecule has 0 saturated heterocycles. The van der Waals surface area contributed by atoms with Crippen molar-refractivity contribution in [1.82, 2.24) is 20.2 Å². The highest BCUT2D eigenvalue weighted by Gasteiger charge is 2.17. The molecule has 1 heterocycles. The number of para-hydroxylation sites is 1. The maximum Gasteiger partial charge on any atom is 0.343 e. The molecule has 5 rings (SSSR count). The number of hydrazone groups is 1. The summed E-state index contributed by atoms with van der Waals surface area (Å²) in [6.07, 6.45) is 1.51. The predicted octanol–water partition coefficient (Wildman–Crippen LogP) is 6.05. The van der Waals surface area contributed by atoms with E-state index in [1.165, 1.54) is 18.0 Å². The lowest BCUT2D eigenvalue weighted by molar-refractivity contribution is -0.118. The minimum atomic E-state index is -0.507. The Labute approximate surface area is 239 Å². The quantitative estimate of drug-likeness (QED) is 0.0765. The van der Waals surface area contributed by atoms with Crippen LogP contribution >= 0.6 is 23.4 Å². The minimum Gasteiger partial charge on any atom is -0.423 e. The fourth-order valence-corrected chi connectivity index (χ4v) is 4.63. The number of benzene rings is 4. The predicted molar refractivity (Wildman–Crippen MR) is 156 cm³/mol. The zero-order valence-corrected chi connectivity index (χ0v) is 22.5. The van der Waals surface area contributed by atoms with Gasteiger partial charge in [0.25, 0.3) is 5.91 Å². The molecule has 1 N–H and O–H groups in total. The van der Waals surface area contributed by atoms with Crippen molar-refractivity contribution in [2.24, 2.45) is 5.10 Å². The lowest BCUT2D eigenvalue weighted by atomic mass is 10.2. The Hall–Kier alpha value is -4.73. The average molecular weight is 568 g/mol. The van der Waals surface area contributed by atoms with E-state index in [9.17, 15) is 9.59 Å². The molecule has 8 nitrogen and oxygen atoms in total. The molecule has 1 aromatic heterocycles. The number of nitrogens with one attached hydrogen (secondary N) is 1. The maximum absolute atomic E-state index is 12.5. The zero-order valence-electron chi connectivity index (χ0n) is 21.0. The summed E-state index contributed by atoms with van der Waals surface area (Å²) in [6.45, 7) is 0. The molecule has 0 atom stereocenters. The van der Waals surface area contributed by atoms with Gasteiger partial charge in [0, 0.05) is 16.3 Å². The molecule has 4 aromatic carbocycles. The van der Waals surface area contributed by atoms with E-state index in [-0.39, 0.29) is 11.7 Å². The summed E-state index contributed by atoms with van der Waals surface area (Å²) in [5, 5.41) is 13.8. The number of hydrogen-bond acceptors (Lipinski definition) is 7. The van der Waals surface area contributed by atoms with Gasteiger partial charge >= 0.3 is 5.97 Å². The molecule has 0 bridgehead atoms. The fourth-order valence-electron chi connectivity index (χ4n) is 3.69. The Kier molecular flexibility index (Phi) is 8.65. The summed E-state index contributed by atoms with van der Waals surface area (Å²) in [6, 6.07) is 32.8. The van der Waals surface area contributed by atoms with Gasteiger partial charge in [0.05, 0.1) is 17.5 Å². The first kappa shape index (κ1) is 26.9. The number of nitrogens with zero attached hydrogens (tertiary/aromatic N) is 4. The van der Waals surface area contributed by atoms with E-state index in [4.69, 9.17) is 16.3 Å². The van der Waals surface area contributed by atoms with E-state index in [1.54, 1.807) is 48.5 Å². The topological polar surface area (TPSA) is 98.5 Å². The van der Waals surface area contributed by atoms with Crippen molar-refractivity contribution in [2.45, 2.75) is 5.16 Å². The second-order valence-corrected chi connectivity index (χ2v) is 9.77. The summed E-state index contributed by atoms with van der Waals surface area (Å²) in [5.41, 5.74) is 5.42. The fraction of sp³-hybridized carbons (Fsp3) is 0.0333. The van der Waals surface area contributed by atoms with Crippen molar-refractivity contribution < 1.29 is 14.3 Å². The summed E-state index contributed by atoms with van der Waals surface area (Å²) >= 11 is 7.20. The average Bonchev–Trinajstić information content (AvgIpc) is 3.42. The van der Waals surface area contributed by atoms with Crippen molar-refractivity contribution in [2.75, 3.05) is 5.75 Å². The molecule has 0 saturated carbocycles. The second kappa shape index (κ2) is 12.9. The van der Waals surface area contributed by atoms with Crippen LogP contribution in [0.3, 0.4) is 0 Å². The Bertz CT molecular complexity index is 1640. The molecule has 0 aliphatic carbocycles. The van der Waals surface area contributed by atoms with Crippen LogP contribution < -0.4 is 10.2 Å². The Balaban J connectivity index is 1.18. The monoisotopic (exact) mass is 567 g/mol. The number of ether oxygens (including phenoxy) is 1. The van der Waals surface area contributed by atoms with Gasteiger partial charge in [-0.1, -0.05) is 78.0 Å². The van der Waals surface area contributed by atoms with Gasteiger partial charge in [0.15, 0.2) is 11.0 Å². The number of amides is 1. The van der Waals surface area contributed by atoms with E-state index in [2.05, 4.69) is 20.7 Å². The molecule has 198 valence electrons. The smallest absolute Gasteiger partial charge is 0.343 e. The molecule has 0 unspecified atom stereocenters. The van der Waals surface area contributed by atoms with Gasteiger partial charge in [-0.3, -0.25) is 9.36 Å². The van der Waals surface area contributed by atoms with E-state index in [1.807, 2.05) is 65.2 Å². The van der Waals surface area contributed by atoms with Crippen LogP contribution in [0.25, 0.3) is 17.1 Å². The van der Waals surface area contributed by atoms with E-state index < -0.39 is 5.97 Å². The number of esters is 1. The van der Waals surface area contributed by atoms with Crippen molar-refractivity contribution in [3.8, 4) is 22.8 Å². The van der Waals surface area contributed by atoms with Crippen LogP contribution in [0.15, 0.2) is 119 Å². The third kappa shape index (κ3) is 6.82. The van der Waals surface area contributed by atoms with Crippen LogP contribution in [0.1, 0.15) is 15.9 Å². The van der Waals surface area contributed by atoms with Crippen LogP contribution in [0, 0.1) is 0 Å². The van der Waals surface area contributed by atoms with Crippen LogP contribution in [0.5, 0.6) is 5.75 Å². The molecule has 0 aliphatic heterocycles. The highest BCUT2D eigenvalue weighted by atomic mass is 35.5. The molecule has 1 amide bonds. The largest absolute Gasteiger partial charge is 0.423 e. The first-order chi connectivity index (χ1) is 19.6. The van der Waals surface area contributed by atoms with Gasteiger partial charge in [-0.2, -0.15) is 5.10 Å². The highest BCUT2D eigenvalue weighted by Crippen LogP contribution is 2.27. The molecule has 10 heteroatoms. The van der Waals surface area contributed by atoms with E-state index in [0.29, 0.717) is 32.9 Å². The highest BCUT2D eigenvalue weighted by molar-refractivity contribution is 7.99. The molecule has 0 spiro atoms. The SMILES string of the molecule is O=C(CSc1nnc(-c2ccccc2)n1-c1ccccc1)NN=Cc1ccc(OC(=O)c2cccc(Cl)c2)cc1. The number of carbonyl (C=O) groups is 2. The third-order valence-corrected chi connectivity index (χ3v) is 6.73. The lowest BCUT2D eigenvalue weighted by Gasteiger charge is -2.10. The number of aromatic nitrogens is 3. The molecule has 40 heavy (non-hydrogen) atoms. The van der Waals surface area contributed by atoms with Crippen molar-refractivity contribution in [3.05, 3.63) is 125 Å². The number of thioether (sulfide) groups is 1. The first-order valence-electron chi connectivity index (χ1n) is 12.2. The van der Waals surface area contributed by atoms with E-state index >= 15 is 0 Å². The van der Waals surface area contributed by atoms with Gasteiger partial charge in [0.1, 0.15) is 5.75 Å². The van der Waals surface area contributed by atoms with Crippen LogP contribution in [0.2, 0.25) is 5.02 Å². The Morgan fingerprint density at radius 2 is 1.62 bits per heavy atom. The Morgan fingerprint density at radius 1 is 0.900 bits per heavy atom. The van der Waals surface area contributed by atoms with Crippen LogP contribution in [-0.2, 0) is 4.79 Å². The van der Waals surface area contributed by atoms with Gasteiger partial charge in [-0.25, -0.2) is 10.2 Å². The van der Waals surface area contributed by atoms with Gasteiger partial charge in [0.2, 0.25) is 0 Å². The molecular formula is C30H22ClN5O3S. The molecular weight excluding hydrogens is 546 g/mol.